The minimum Gasteiger partial charge on any atom is -0.469 e. The SMILES string of the molecule is COC(=O)C(C)C(C)N1CCCCCC1CO. The van der Waals surface area contributed by atoms with Gasteiger partial charge in [0.05, 0.1) is 19.6 Å². The molecule has 1 fully saturated rings. The Morgan fingerprint density at radius 3 is 2.71 bits per heavy atom. The van der Waals surface area contributed by atoms with E-state index in [4.69, 9.17) is 4.74 Å². The van der Waals surface area contributed by atoms with Crippen LogP contribution in [0.5, 0.6) is 0 Å². The molecule has 0 aromatic carbocycles. The Morgan fingerprint density at radius 2 is 2.12 bits per heavy atom. The van der Waals surface area contributed by atoms with Gasteiger partial charge in [-0.3, -0.25) is 9.69 Å². The fourth-order valence-corrected chi connectivity index (χ4v) is 2.60. The number of hydrogen-bond acceptors (Lipinski definition) is 4. The minimum absolute atomic E-state index is 0.123. The van der Waals surface area contributed by atoms with Crippen molar-refractivity contribution in [2.24, 2.45) is 5.92 Å². The molecule has 1 rings (SSSR count). The highest BCUT2D eigenvalue weighted by Gasteiger charge is 2.31. The first kappa shape index (κ1) is 14.5. The van der Waals surface area contributed by atoms with Gasteiger partial charge in [-0.1, -0.05) is 19.8 Å². The number of ether oxygens (including phenoxy) is 1. The molecule has 0 spiro atoms. The zero-order valence-corrected chi connectivity index (χ0v) is 11.2. The lowest BCUT2D eigenvalue weighted by Gasteiger charge is -2.36. The molecule has 3 atom stereocenters. The molecule has 1 aliphatic rings. The molecule has 4 heteroatoms. The van der Waals surface area contributed by atoms with E-state index in [2.05, 4.69) is 11.8 Å². The Kier molecular flexibility index (Phi) is 5.92. The van der Waals surface area contributed by atoms with Crippen molar-refractivity contribution in [3.63, 3.8) is 0 Å². The lowest BCUT2D eigenvalue weighted by Crippen LogP contribution is -2.48. The van der Waals surface area contributed by atoms with E-state index in [9.17, 15) is 9.90 Å². The summed E-state index contributed by atoms with van der Waals surface area (Å²) in [4.78, 5) is 13.8. The van der Waals surface area contributed by atoms with Gasteiger partial charge in [-0.25, -0.2) is 0 Å². The van der Waals surface area contributed by atoms with Crippen LogP contribution in [0.15, 0.2) is 0 Å². The van der Waals surface area contributed by atoms with Crippen LogP contribution >= 0.6 is 0 Å². The van der Waals surface area contributed by atoms with Gasteiger partial charge in [-0.15, -0.1) is 0 Å². The molecule has 0 aliphatic carbocycles. The van der Waals surface area contributed by atoms with Crippen LogP contribution in [0.4, 0.5) is 0 Å². The quantitative estimate of drug-likeness (QED) is 0.759. The van der Waals surface area contributed by atoms with E-state index in [1.807, 2.05) is 6.92 Å². The maximum atomic E-state index is 11.6. The van der Waals surface area contributed by atoms with Crippen LogP contribution in [-0.2, 0) is 9.53 Å². The van der Waals surface area contributed by atoms with Gasteiger partial charge >= 0.3 is 5.97 Å². The van der Waals surface area contributed by atoms with Crippen molar-refractivity contribution >= 4 is 5.97 Å². The third kappa shape index (κ3) is 3.68. The van der Waals surface area contributed by atoms with Crippen LogP contribution < -0.4 is 0 Å². The maximum absolute atomic E-state index is 11.6. The van der Waals surface area contributed by atoms with E-state index in [1.165, 1.54) is 20.0 Å². The van der Waals surface area contributed by atoms with Gasteiger partial charge in [0.1, 0.15) is 0 Å². The van der Waals surface area contributed by atoms with E-state index >= 15 is 0 Å². The number of nitrogens with zero attached hydrogens (tertiary/aromatic N) is 1. The van der Waals surface area contributed by atoms with Crippen molar-refractivity contribution in [3.8, 4) is 0 Å². The number of esters is 1. The highest BCUT2D eigenvalue weighted by Crippen LogP contribution is 2.22. The summed E-state index contributed by atoms with van der Waals surface area (Å²) in [5.74, 6) is -0.314. The summed E-state index contributed by atoms with van der Waals surface area (Å²) < 4.78 is 4.80. The van der Waals surface area contributed by atoms with Crippen molar-refractivity contribution in [2.45, 2.75) is 51.6 Å². The van der Waals surface area contributed by atoms with Crippen molar-refractivity contribution in [1.29, 1.82) is 0 Å². The molecule has 0 aromatic rings. The van der Waals surface area contributed by atoms with Gasteiger partial charge in [0.2, 0.25) is 0 Å². The van der Waals surface area contributed by atoms with Gasteiger partial charge < -0.3 is 9.84 Å². The summed E-state index contributed by atoms with van der Waals surface area (Å²) in [7, 11) is 1.43. The molecule has 0 radical (unpaired) electrons. The Morgan fingerprint density at radius 1 is 1.41 bits per heavy atom. The number of rotatable bonds is 4. The topological polar surface area (TPSA) is 49.8 Å². The molecule has 0 amide bonds. The zero-order chi connectivity index (χ0) is 12.8. The predicted octanol–water partition coefficient (Wildman–Crippen LogP) is 1.42. The first-order valence-corrected chi connectivity index (χ1v) is 6.56. The number of hydrogen-bond donors (Lipinski definition) is 1. The zero-order valence-electron chi connectivity index (χ0n) is 11.2. The molecule has 3 unspecified atom stereocenters. The van der Waals surface area contributed by atoms with Crippen LogP contribution in [0.1, 0.15) is 39.5 Å². The monoisotopic (exact) mass is 243 g/mol. The van der Waals surface area contributed by atoms with E-state index in [-0.39, 0.29) is 30.6 Å². The normalized spacial score (nSPS) is 26.0. The molecular formula is C13H25NO3. The van der Waals surface area contributed by atoms with E-state index in [1.54, 1.807) is 0 Å². The number of likely N-dealkylation sites (tertiary alicyclic amines) is 1. The van der Waals surface area contributed by atoms with Crippen molar-refractivity contribution in [1.82, 2.24) is 4.90 Å². The molecule has 0 saturated carbocycles. The lowest BCUT2D eigenvalue weighted by atomic mass is 9.99. The number of methoxy groups -OCH3 is 1. The average Bonchev–Trinajstić information content (AvgIpc) is 2.60. The number of aliphatic hydroxyl groups excluding tert-OH is 1. The van der Waals surface area contributed by atoms with Crippen molar-refractivity contribution in [3.05, 3.63) is 0 Å². The molecule has 17 heavy (non-hydrogen) atoms. The van der Waals surface area contributed by atoms with Crippen LogP contribution in [0, 0.1) is 5.92 Å². The first-order chi connectivity index (χ1) is 8.11. The van der Waals surface area contributed by atoms with Crippen LogP contribution in [-0.4, -0.2) is 48.3 Å². The third-order valence-corrected chi connectivity index (χ3v) is 3.95. The van der Waals surface area contributed by atoms with Crippen molar-refractivity contribution in [2.75, 3.05) is 20.3 Å². The summed E-state index contributed by atoms with van der Waals surface area (Å²) in [6.07, 6.45) is 4.55. The molecule has 4 nitrogen and oxygen atoms in total. The van der Waals surface area contributed by atoms with Gasteiger partial charge in [-0.05, 0) is 26.3 Å². The van der Waals surface area contributed by atoms with E-state index in [0.29, 0.717) is 0 Å². The molecule has 0 bridgehead atoms. The van der Waals surface area contributed by atoms with Crippen LogP contribution in [0.2, 0.25) is 0 Å². The van der Waals surface area contributed by atoms with E-state index in [0.717, 1.165) is 19.4 Å². The highest BCUT2D eigenvalue weighted by atomic mass is 16.5. The van der Waals surface area contributed by atoms with Gasteiger partial charge in [0.25, 0.3) is 0 Å². The van der Waals surface area contributed by atoms with E-state index < -0.39 is 0 Å². The van der Waals surface area contributed by atoms with Crippen LogP contribution in [0.25, 0.3) is 0 Å². The Labute approximate surface area is 104 Å². The first-order valence-electron chi connectivity index (χ1n) is 6.56. The lowest BCUT2D eigenvalue weighted by molar-refractivity contribution is -0.147. The minimum atomic E-state index is -0.168. The predicted molar refractivity (Wildman–Crippen MR) is 66.7 cm³/mol. The summed E-state index contributed by atoms with van der Waals surface area (Å²) in [5, 5.41) is 9.46. The third-order valence-electron chi connectivity index (χ3n) is 3.95. The summed E-state index contributed by atoms with van der Waals surface area (Å²) >= 11 is 0. The fourth-order valence-electron chi connectivity index (χ4n) is 2.60. The van der Waals surface area contributed by atoms with Gasteiger partial charge in [-0.2, -0.15) is 0 Å². The highest BCUT2D eigenvalue weighted by molar-refractivity contribution is 5.72. The summed E-state index contributed by atoms with van der Waals surface area (Å²) in [5.41, 5.74) is 0. The second-order valence-electron chi connectivity index (χ2n) is 4.98. The Bertz CT molecular complexity index is 245. The Hall–Kier alpha value is -0.610. The second kappa shape index (κ2) is 6.97. The number of carbonyl (C=O) groups is 1. The number of carbonyl (C=O) groups excluding carboxylic acids is 1. The molecule has 1 aliphatic heterocycles. The molecule has 100 valence electrons. The maximum Gasteiger partial charge on any atom is 0.309 e. The number of aliphatic hydroxyl groups is 1. The molecule has 1 saturated heterocycles. The molecule has 0 aromatic heterocycles. The molecule has 1 N–H and O–H groups in total. The smallest absolute Gasteiger partial charge is 0.309 e. The Balaban J connectivity index is 2.69. The van der Waals surface area contributed by atoms with Crippen LogP contribution in [0.3, 0.4) is 0 Å². The molecule has 1 heterocycles. The fraction of sp³-hybridized carbons (Fsp3) is 0.923. The average molecular weight is 243 g/mol. The van der Waals surface area contributed by atoms with Crippen molar-refractivity contribution < 1.29 is 14.6 Å². The van der Waals surface area contributed by atoms with Gasteiger partial charge in [0.15, 0.2) is 0 Å². The molecular weight excluding hydrogens is 218 g/mol. The summed E-state index contributed by atoms with van der Waals surface area (Å²) in [6.45, 7) is 5.09. The standard InChI is InChI=1S/C13H25NO3/c1-10(13(16)17-3)11(2)14-8-6-4-5-7-12(14)9-15/h10-12,15H,4-9H2,1-3H3. The summed E-state index contributed by atoms with van der Waals surface area (Å²) in [6, 6.07) is 0.317. The van der Waals surface area contributed by atoms with Gasteiger partial charge in [0, 0.05) is 12.1 Å². The second-order valence-corrected chi connectivity index (χ2v) is 4.98. The largest absolute Gasteiger partial charge is 0.469 e.